The molecule has 2 aliphatic rings. The molecule has 2 aromatic rings. The van der Waals surface area contributed by atoms with Crippen LogP contribution in [0.4, 0.5) is 14.6 Å². The lowest BCUT2D eigenvalue weighted by Crippen LogP contribution is -2.58. The minimum absolute atomic E-state index is 0.00523. The molecule has 0 bridgehead atoms. The van der Waals surface area contributed by atoms with Crippen LogP contribution in [0.25, 0.3) is 11.1 Å². The molecule has 0 radical (unpaired) electrons. The highest BCUT2D eigenvalue weighted by Gasteiger charge is 2.49. The molecule has 10 heteroatoms. The summed E-state index contributed by atoms with van der Waals surface area (Å²) in [6.45, 7) is -0.895. The molecule has 2 heterocycles. The summed E-state index contributed by atoms with van der Waals surface area (Å²) in [6.07, 6.45) is 0.924. The molecule has 2 N–H and O–H groups in total. The van der Waals surface area contributed by atoms with Gasteiger partial charge in [0.2, 0.25) is 12.1 Å². The van der Waals surface area contributed by atoms with Gasteiger partial charge in [-0.25, -0.2) is 13.8 Å². The van der Waals surface area contributed by atoms with Gasteiger partial charge in [0.15, 0.2) is 0 Å². The number of nitriles is 1. The Balaban J connectivity index is 1.59. The number of nitrogens with zero attached hydrogens (tertiary/aromatic N) is 3. The van der Waals surface area contributed by atoms with E-state index < -0.39 is 31.1 Å². The Kier molecular flexibility index (Phi) is 6.24. The van der Waals surface area contributed by atoms with Crippen LogP contribution < -0.4 is 10.1 Å². The number of piperidine rings is 1. The lowest BCUT2D eigenvalue weighted by molar-refractivity contribution is -0.195. The van der Waals surface area contributed by atoms with Gasteiger partial charge >= 0.3 is 5.92 Å². The van der Waals surface area contributed by atoms with E-state index in [1.807, 2.05) is 6.07 Å². The Morgan fingerprint density at radius 1 is 1.27 bits per heavy atom. The highest BCUT2D eigenvalue weighted by Crippen LogP contribution is 2.36. The van der Waals surface area contributed by atoms with E-state index in [1.165, 1.54) is 18.3 Å². The minimum Gasteiger partial charge on any atom is -0.463 e. The smallest absolute Gasteiger partial charge is 0.303 e. The number of halogens is 2. The number of carbonyl (C=O) groups is 2. The average molecular weight is 456 g/mol. The molecule has 1 saturated heterocycles. The molecule has 1 aromatic heterocycles. The predicted molar refractivity (Wildman–Crippen MR) is 113 cm³/mol. The highest BCUT2D eigenvalue weighted by atomic mass is 19.3. The number of amides is 2. The number of hydrogen-bond acceptors (Lipinski definition) is 6. The van der Waals surface area contributed by atoms with Gasteiger partial charge < -0.3 is 20.1 Å². The minimum atomic E-state index is -3.34. The van der Waals surface area contributed by atoms with Gasteiger partial charge in [0.25, 0.3) is 5.91 Å². The molecule has 1 aliphatic heterocycles. The van der Waals surface area contributed by atoms with Crippen molar-refractivity contribution in [3.63, 3.8) is 0 Å². The first-order valence-corrected chi connectivity index (χ1v) is 10.6. The molecule has 2 fully saturated rings. The van der Waals surface area contributed by atoms with Crippen LogP contribution in [0.3, 0.4) is 0 Å². The van der Waals surface area contributed by atoms with E-state index in [9.17, 15) is 23.6 Å². The Morgan fingerprint density at radius 2 is 2.03 bits per heavy atom. The Labute approximate surface area is 188 Å². The molecular weight excluding hydrogens is 434 g/mol. The largest absolute Gasteiger partial charge is 0.463 e. The number of likely N-dealkylation sites (tertiary alicyclic amines) is 1. The maximum absolute atomic E-state index is 14.6. The molecule has 0 spiro atoms. The van der Waals surface area contributed by atoms with Crippen LogP contribution in [0.2, 0.25) is 0 Å². The molecule has 1 atom stereocenters. The quantitative estimate of drug-likeness (QED) is 0.691. The number of aromatic nitrogens is 1. The number of nitrogens with one attached hydrogen (secondary N) is 1. The lowest BCUT2D eigenvalue weighted by Gasteiger charge is -2.40. The van der Waals surface area contributed by atoms with Crippen LogP contribution in [0.5, 0.6) is 5.75 Å². The molecule has 1 saturated carbocycles. The number of benzene rings is 1. The first-order valence-electron chi connectivity index (χ1n) is 10.6. The van der Waals surface area contributed by atoms with Gasteiger partial charge in [-0.1, -0.05) is 6.07 Å². The standard InChI is InChI=1S/C23H22F2N4O4/c24-23(25)7-1-9-29(20(31)13-30)22(23)33-18-5-4-15(10-17(18)12-26)16-6-8-27-19(11-16)28-21(32)14-2-3-14/h4-6,8,10-11,14,22,30H,1-3,7,9,13H2,(H,27,28,32)/t22-/m0/s1. The summed E-state index contributed by atoms with van der Waals surface area (Å²) in [5.41, 5.74) is 1.27. The summed E-state index contributed by atoms with van der Waals surface area (Å²) >= 11 is 0. The summed E-state index contributed by atoms with van der Waals surface area (Å²) in [4.78, 5) is 28.9. The van der Waals surface area contributed by atoms with E-state index in [0.717, 1.165) is 17.7 Å². The summed E-state index contributed by atoms with van der Waals surface area (Å²) in [5, 5.41) is 21.5. The van der Waals surface area contributed by atoms with E-state index in [0.29, 0.717) is 16.9 Å². The number of alkyl halides is 2. The fourth-order valence-corrected chi connectivity index (χ4v) is 3.72. The first kappa shape index (κ1) is 22.6. The van der Waals surface area contributed by atoms with E-state index >= 15 is 0 Å². The van der Waals surface area contributed by atoms with Crippen LogP contribution in [0.15, 0.2) is 36.5 Å². The van der Waals surface area contributed by atoms with Gasteiger partial charge in [-0.3, -0.25) is 9.59 Å². The van der Waals surface area contributed by atoms with E-state index in [2.05, 4.69) is 10.3 Å². The monoisotopic (exact) mass is 456 g/mol. The van der Waals surface area contributed by atoms with E-state index in [4.69, 9.17) is 9.84 Å². The number of aliphatic hydroxyl groups excluding tert-OH is 1. The van der Waals surface area contributed by atoms with Crippen molar-refractivity contribution < 1.29 is 28.2 Å². The van der Waals surface area contributed by atoms with Crippen molar-refractivity contribution in [2.24, 2.45) is 5.92 Å². The molecule has 1 aromatic carbocycles. The zero-order chi connectivity index (χ0) is 23.6. The second-order valence-corrected chi connectivity index (χ2v) is 8.10. The highest BCUT2D eigenvalue weighted by molar-refractivity contribution is 5.93. The van der Waals surface area contributed by atoms with Crippen molar-refractivity contribution >= 4 is 17.6 Å². The Hall–Kier alpha value is -3.58. The number of carbonyl (C=O) groups excluding carboxylic acids is 2. The summed E-state index contributed by atoms with van der Waals surface area (Å²) in [5.74, 6) is -3.99. The summed E-state index contributed by atoms with van der Waals surface area (Å²) < 4.78 is 34.6. The van der Waals surface area contributed by atoms with Crippen molar-refractivity contribution in [3.8, 4) is 22.9 Å². The van der Waals surface area contributed by atoms with Crippen molar-refractivity contribution in [3.05, 3.63) is 42.1 Å². The van der Waals surface area contributed by atoms with Gasteiger partial charge in [-0.05, 0) is 54.7 Å². The second kappa shape index (κ2) is 9.11. The molecule has 8 nitrogen and oxygen atoms in total. The predicted octanol–water partition coefficient (Wildman–Crippen LogP) is 2.92. The van der Waals surface area contributed by atoms with Crippen LogP contribution in [-0.4, -0.2) is 52.1 Å². The third-order valence-corrected chi connectivity index (χ3v) is 5.64. The number of aliphatic hydroxyl groups is 1. The second-order valence-electron chi connectivity index (χ2n) is 8.10. The van der Waals surface area contributed by atoms with Gasteiger partial charge in [0.05, 0.1) is 5.56 Å². The fourth-order valence-electron chi connectivity index (χ4n) is 3.72. The van der Waals surface area contributed by atoms with Gasteiger partial charge in [-0.15, -0.1) is 0 Å². The van der Waals surface area contributed by atoms with Crippen LogP contribution >= 0.6 is 0 Å². The van der Waals surface area contributed by atoms with Gasteiger partial charge in [-0.2, -0.15) is 5.26 Å². The third-order valence-electron chi connectivity index (χ3n) is 5.64. The zero-order valence-corrected chi connectivity index (χ0v) is 17.6. The number of hydrogen-bond donors (Lipinski definition) is 2. The van der Waals surface area contributed by atoms with Crippen LogP contribution in [0, 0.1) is 17.2 Å². The lowest BCUT2D eigenvalue weighted by atomic mass is 10.0. The third kappa shape index (κ3) is 4.93. The summed E-state index contributed by atoms with van der Waals surface area (Å²) in [7, 11) is 0. The number of rotatable bonds is 6. The van der Waals surface area contributed by atoms with Crippen molar-refractivity contribution in [1.29, 1.82) is 5.26 Å². The van der Waals surface area contributed by atoms with Gasteiger partial charge in [0.1, 0.15) is 24.2 Å². The molecular formula is C23H22F2N4O4. The average Bonchev–Trinajstić information content (AvgIpc) is 3.65. The normalized spacial score (nSPS) is 19.5. The Morgan fingerprint density at radius 3 is 2.73 bits per heavy atom. The molecule has 172 valence electrons. The maximum atomic E-state index is 14.6. The van der Waals surface area contributed by atoms with Crippen molar-refractivity contribution in [1.82, 2.24) is 9.88 Å². The molecule has 2 amide bonds. The first-order chi connectivity index (χ1) is 15.8. The fraction of sp³-hybridized carbons (Fsp3) is 0.391. The number of pyridine rings is 1. The Bertz CT molecular complexity index is 1110. The van der Waals surface area contributed by atoms with E-state index in [-0.39, 0.29) is 36.1 Å². The zero-order valence-electron chi connectivity index (χ0n) is 17.6. The van der Waals surface area contributed by atoms with Crippen molar-refractivity contribution in [2.45, 2.75) is 37.8 Å². The number of anilines is 1. The van der Waals surface area contributed by atoms with Crippen molar-refractivity contribution in [2.75, 3.05) is 18.5 Å². The SMILES string of the molecule is N#Cc1cc(-c2ccnc(NC(=O)C3CC3)c2)ccc1O[C@@H]1N(C(=O)CO)CCCC1(F)F. The molecule has 0 unspecified atom stereocenters. The molecule has 33 heavy (non-hydrogen) atoms. The number of ether oxygens (including phenoxy) is 1. The molecule has 4 rings (SSSR count). The van der Waals surface area contributed by atoms with Crippen LogP contribution in [-0.2, 0) is 9.59 Å². The molecule has 1 aliphatic carbocycles. The topological polar surface area (TPSA) is 116 Å². The van der Waals surface area contributed by atoms with Gasteiger partial charge in [0, 0.05) is 25.1 Å². The van der Waals surface area contributed by atoms with E-state index in [1.54, 1.807) is 18.2 Å². The summed E-state index contributed by atoms with van der Waals surface area (Å²) in [6, 6.07) is 9.77. The van der Waals surface area contributed by atoms with Crippen LogP contribution in [0.1, 0.15) is 31.2 Å². The maximum Gasteiger partial charge on any atom is 0.303 e.